The lowest BCUT2D eigenvalue weighted by Gasteiger charge is -2.24. The molecule has 0 aromatic rings. The smallest absolute Gasteiger partial charge is 0.0558 e. The number of alkyl halides is 1. The minimum atomic E-state index is 0.139. The molecule has 0 unspecified atom stereocenters. The Labute approximate surface area is 188 Å². The van der Waals surface area contributed by atoms with E-state index in [1.807, 2.05) is 0 Å². The largest absolute Gasteiger partial charge is 0.395 e. The Kier molecular flexibility index (Phi) is 35.4. The predicted octanol–water partition coefficient (Wildman–Crippen LogP) is -0.101. The van der Waals surface area contributed by atoms with Gasteiger partial charge in [-0.15, -0.1) is 0 Å². The van der Waals surface area contributed by atoms with Gasteiger partial charge in [0.05, 0.1) is 26.4 Å². The summed E-state index contributed by atoms with van der Waals surface area (Å²) in [4.78, 5) is 6.80. The molecule has 0 aromatic heterocycles. The molecule has 0 aliphatic rings. The van der Waals surface area contributed by atoms with Gasteiger partial charge >= 0.3 is 0 Å². The van der Waals surface area contributed by atoms with Crippen LogP contribution in [0.3, 0.4) is 0 Å². The third kappa shape index (κ3) is 28.2. The van der Waals surface area contributed by atoms with E-state index in [0.29, 0.717) is 26.2 Å². The first-order valence-corrected chi connectivity index (χ1v) is 12.0. The summed E-state index contributed by atoms with van der Waals surface area (Å²) in [6, 6.07) is 0. The molecule has 0 heterocycles. The number of likely N-dealkylation sites (N-methyl/N-ethyl adjacent to an activating group) is 1. The molecule has 0 bridgehead atoms. The van der Waals surface area contributed by atoms with E-state index in [1.54, 1.807) is 0 Å². The predicted molar refractivity (Wildman–Crippen MR) is 127 cm³/mol. The Balaban J connectivity index is -0.000000383. The third-order valence-corrected chi connectivity index (χ3v) is 4.69. The molecule has 0 aromatic carbocycles. The highest BCUT2D eigenvalue weighted by Crippen LogP contribution is 1.91. The molecule has 0 radical (unpaired) electrons. The van der Waals surface area contributed by atoms with Crippen LogP contribution in [-0.4, -0.2) is 139 Å². The van der Waals surface area contributed by atoms with E-state index < -0.39 is 0 Å². The highest BCUT2D eigenvalue weighted by Gasteiger charge is 2.05. The Morgan fingerprint density at radius 3 is 1.21 bits per heavy atom. The molecule has 0 fully saturated rings. The average Bonchev–Trinajstić information content (AvgIpc) is 2.74. The number of halogens is 1. The van der Waals surface area contributed by atoms with Crippen LogP contribution in [0.25, 0.3) is 0 Å². The maximum absolute atomic E-state index is 8.81. The standard InChI is InChI=1S/C10H24N2O2.C6H14BrN.C4H11NO2/c1-3-11(4-2)5-6-12(7-9-13)8-10-14;1-3-8(4-2)6-5-7;6-3-1-5-2-4-7/h13-14H,3-10H2,1-2H3;3-6H2,1-2H3;5-7H,1-4H2. The lowest BCUT2D eigenvalue weighted by molar-refractivity contribution is 0.145. The number of nitrogens with zero attached hydrogens (tertiary/aromatic N) is 3. The molecule has 9 heteroatoms. The van der Waals surface area contributed by atoms with Crippen molar-refractivity contribution < 1.29 is 20.4 Å². The molecule has 0 spiro atoms. The van der Waals surface area contributed by atoms with Gasteiger partial charge in [0.1, 0.15) is 0 Å². The van der Waals surface area contributed by atoms with Gasteiger partial charge < -0.3 is 35.5 Å². The van der Waals surface area contributed by atoms with Crippen LogP contribution < -0.4 is 5.32 Å². The molecule has 0 saturated carbocycles. The van der Waals surface area contributed by atoms with Crippen LogP contribution in [0.2, 0.25) is 0 Å². The molecular formula is C20H49BrN4O4. The van der Waals surface area contributed by atoms with E-state index in [2.05, 4.69) is 63.6 Å². The van der Waals surface area contributed by atoms with E-state index >= 15 is 0 Å². The van der Waals surface area contributed by atoms with Gasteiger partial charge in [-0.1, -0.05) is 43.6 Å². The van der Waals surface area contributed by atoms with Crippen LogP contribution in [0.15, 0.2) is 0 Å². The normalized spacial score (nSPS) is 10.8. The average molecular weight is 490 g/mol. The van der Waals surface area contributed by atoms with E-state index in [1.165, 1.54) is 19.6 Å². The molecule has 8 nitrogen and oxygen atoms in total. The van der Waals surface area contributed by atoms with Crippen LogP contribution in [0.1, 0.15) is 27.7 Å². The first kappa shape index (κ1) is 33.8. The van der Waals surface area contributed by atoms with E-state index in [-0.39, 0.29) is 26.4 Å². The summed E-state index contributed by atoms with van der Waals surface area (Å²) < 4.78 is 0. The zero-order valence-corrected chi connectivity index (χ0v) is 20.9. The summed E-state index contributed by atoms with van der Waals surface area (Å²) >= 11 is 3.39. The van der Waals surface area contributed by atoms with Crippen LogP contribution in [-0.2, 0) is 0 Å². The molecule has 29 heavy (non-hydrogen) atoms. The highest BCUT2D eigenvalue weighted by atomic mass is 79.9. The second-order valence-corrected chi connectivity index (χ2v) is 7.02. The van der Waals surface area contributed by atoms with Gasteiger partial charge in [0, 0.05) is 51.1 Å². The maximum atomic E-state index is 8.81. The van der Waals surface area contributed by atoms with Crippen molar-refractivity contribution >= 4 is 15.9 Å². The molecule has 0 amide bonds. The van der Waals surface area contributed by atoms with Crippen molar-refractivity contribution in [2.24, 2.45) is 0 Å². The van der Waals surface area contributed by atoms with Gasteiger partial charge in [0.2, 0.25) is 0 Å². The van der Waals surface area contributed by atoms with Crippen molar-refractivity contribution in [3.8, 4) is 0 Å². The summed E-state index contributed by atoms with van der Waals surface area (Å²) in [5.41, 5.74) is 0. The summed E-state index contributed by atoms with van der Waals surface area (Å²) in [7, 11) is 0. The second-order valence-electron chi connectivity index (χ2n) is 6.23. The third-order valence-electron chi connectivity index (χ3n) is 4.33. The molecule has 0 aliphatic carbocycles. The van der Waals surface area contributed by atoms with E-state index in [0.717, 1.165) is 31.5 Å². The number of aliphatic hydroxyl groups is 4. The molecular weight excluding hydrogens is 440 g/mol. The SMILES string of the molecule is CCN(CC)CCBr.CCN(CC)CCN(CCO)CCO.OCCNCCO. The molecule has 0 rings (SSSR count). The topological polar surface area (TPSA) is 103 Å². The number of rotatable bonds is 17. The van der Waals surface area contributed by atoms with Gasteiger partial charge in [0.15, 0.2) is 0 Å². The fourth-order valence-electron chi connectivity index (χ4n) is 2.38. The monoisotopic (exact) mass is 488 g/mol. The van der Waals surface area contributed by atoms with Gasteiger partial charge in [-0.3, -0.25) is 4.90 Å². The first-order valence-electron chi connectivity index (χ1n) is 10.9. The minimum Gasteiger partial charge on any atom is -0.395 e. The Bertz CT molecular complexity index is 265. The van der Waals surface area contributed by atoms with Crippen LogP contribution in [0, 0.1) is 0 Å². The molecule has 180 valence electrons. The second kappa shape index (κ2) is 30.4. The van der Waals surface area contributed by atoms with Crippen molar-refractivity contribution in [1.82, 2.24) is 20.0 Å². The van der Waals surface area contributed by atoms with Crippen LogP contribution in [0.4, 0.5) is 0 Å². The molecule has 0 atom stereocenters. The number of hydrogen-bond donors (Lipinski definition) is 5. The van der Waals surface area contributed by atoms with Gasteiger partial charge in [-0.25, -0.2) is 0 Å². The van der Waals surface area contributed by atoms with Crippen molar-refractivity contribution in [2.75, 3.05) is 104 Å². The number of hydrogen-bond acceptors (Lipinski definition) is 8. The Morgan fingerprint density at radius 2 is 0.931 bits per heavy atom. The van der Waals surface area contributed by atoms with E-state index in [9.17, 15) is 0 Å². The Hall–Kier alpha value is 0.160. The zero-order valence-electron chi connectivity index (χ0n) is 19.3. The summed E-state index contributed by atoms with van der Waals surface area (Å²) in [5.74, 6) is 0. The quantitative estimate of drug-likeness (QED) is 0.143. The van der Waals surface area contributed by atoms with Gasteiger partial charge in [-0.05, 0) is 26.2 Å². The highest BCUT2D eigenvalue weighted by molar-refractivity contribution is 9.09. The van der Waals surface area contributed by atoms with Gasteiger partial charge in [0.25, 0.3) is 0 Å². The van der Waals surface area contributed by atoms with Crippen LogP contribution in [0.5, 0.6) is 0 Å². The fraction of sp³-hybridized carbons (Fsp3) is 1.00. The van der Waals surface area contributed by atoms with Crippen LogP contribution >= 0.6 is 15.9 Å². The minimum absolute atomic E-state index is 0.139. The van der Waals surface area contributed by atoms with E-state index in [4.69, 9.17) is 20.4 Å². The molecule has 0 aliphatic heterocycles. The molecule has 0 saturated heterocycles. The van der Waals surface area contributed by atoms with Gasteiger partial charge in [-0.2, -0.15) is 0 Å². The lowest BCUT2D eigenvalue weighted by Crippen LogP contribution is -2.37. The van der Waals surface area contributed by atoms with Crippen molar-refractivity contribution in [2.45, 2.75) is 27.7 Å². The van der Waals surface area contributed by atoms with Crippen molar-refractivity contribution in [3.63, 3.8) is 0 Å². The fourth-order valence-corrected chi connectivity index (χ4v) is 2.88. The number of nitrogens with one attached hydrogen (secondary N) is 1. The first-order chi connectivity index (χ1) is 14.0. The summed E-state index contributed by atoms with van der Waals surface area (Å²) in [5, 5.41) is 37.8. The molecule has 5 N–H and O–H groups in total. The summed E-state index contributed by atoms with van der Waals surface area (Å²) in [6.45, 7) is 19.3. The summed E-state index contributed by atoms with van der Waals surface area (Å²) in [6.07, 6.45) is 0. The van der Waals surface area contributed by atoms with Crippen molar-refractivity contribution in [3.05, 3.63) is 0 Å². The number of aliphatic hydroxyl groups excluding tert-OH is 4. The zero-order chi connectivity index (χ0) is 22.8. The lowest BCUT2D eigenvalue weighted by atomic mass is 10.4. The Morgan fingerprint density at radius 1 is 0.552 bits per heavy atom. The maximum Gasteiger partial charge on any atom is 0.0558 e. The van der Waals surface area contributed by atoms with Crippen molar-refractivity contribution in [1.29, 1.82) is 0 Å².